The molecule has 0 saturated heterocycles. The third-order valence-corrected chi connectivity index (χ3v) is 4.47. The number of esters is 1. The molecule has 1 aromatic heterocycles. The van der Waals surface area contributed by atoms with Crippen LogP contribution in [0.5, 0.6) is 0 Å². The van der Waals surface area contributed by atoms with Gasteiger partial charge in [-0.2, -0.15) is 4.37 Å². The predicted molar refractivity (Wildman–Crippen MR) is 92.5 cm³/mol. The van der Waals surface area contributed by atoms with Gasteiger partial charge in [0.2, 0.25) is 0 Å². The van der Waals surface area contributed by atoms with E-state index in [1.54, 1.807) is 14.0 Å². The normalized spacial score (nSPS) is 16.9. The van der Waals surface area contributed by atoms with Crippen molar-refractivity contribution >= 4 is 28.3 Å². The van der Waals surface area contributed by atoms with Gasteiger partial charge >= 0.3 is 5.97 Å². The lowest BCUT2D eigenvalue weighted by molar-refractivity contribution is -0.0349. The van der Waals surface area contributed by atoms with E-state index in [0.717, 1.165) is 5.56 Å². The van der Waals surface area contributed by atoms with Gasteiger partial charge in [0, 0.05) is 12.6 Å². The Morgan fingerprint density at radius 1 is 1.46 bits per heavy atom. The summed E-state index contributed by atoms with van der Waals surface area (Å²) in [5, 5.41) is 3.65. The number of hydroxylamine groups is 1. The van der Waals surface area contributed by atoms with Crippen LogP contribution in [0.25, 0.3) is 0 Å². The molecule has 7 nitrogen and oxygen atoms in total. The van der Waals surface area contributed by atoms with E-state index < -0.39 is 5.97 Å². The first-order valence-corrected chi connectivity index (χ1v) is 8.29. The molecular weight excluding hydrogens is 328 g/mol. The zero-order valence-electron chi connectivity index (χ0n) is 13.4. The molecule has 1 aromatic carbocycles. The van der Waals surface area contributed by atoms with Gasteiger partial charge in [-0.25, -0.2) is 10.3 Å². The maximum Gasteiger partial charge on any atom is 0.343 e. The van der Waals surface area contributed by atoms with Crippen LogP contribution in [-0.2, 0) is 9.57 Å². The maximum atomic E-state index is 12.2. The van der Waals surface area contributed by atoms with Crippen molar-refractivity contribution in [2.24, 2.45) is 4.99 Å². The van der Waals surface area contributed by atoms with E-state index in [-0.39, 0.29) is 12.7 Å². The second kappa shape index (κ2) is 7.41. The topological polar surface area (TPSA) is 84.8 Å². The summed E-state index contributed by atoms with van der Waals surface area (Å²) in [4.78, 5) is 22.2. The molecular formula is C16H18N4O3S. The van der Waals surface area contributed by atoms with Gasteiger partial charge in [0.25, 0.3) is 0 Å². The molecule has 0 unspecified atom stereocenters. The highest BCUT2D eigenvalue weighted by molar-refractivity contribution is 7.10. The highest BCUT2D eigenvalue weighted by Crippen LogP contribution is 2.24. The Kier molecular flexibility index (Phi) is 5.07. The molecule has 3 rings (SSSR count). The minimum Gasteiger partial charge on any atom is -0.459 e. The van der Waals surface area contributed by atoms with Gasteiger partial charge in [0.1, 0.15) is 23.3 Å². The fourth-order valence-corrected chi connectivity index (χ4v) is 2.99. The Labute approximate surface area is 143 Å². The summed E-state index contributed by atoms with van der Waals surface area (Å²) in [6.45, 7) is 2.32. The Morgan fingerprint density at radius 3 is 2.92 bits per heavy atom. The molecule has 1 aliphatic rings. The fourth-order valence-electron chi connectivity index (χ4n) is 2.26. The van der Waals surface area contributed by atoms with Crippen molar-refractivity contribution in [2.75, 3.05) is 25.5 Å². The van der Waals surface area contributed by atoms with Crippen LogP contribution in [0.2, 0.25) is 0 Å². The van der Waals surface area contributed by atoms with Crippen molar-refractivity contribution in [3.8, 4) is 0 Å². The largest absolute Gasteiger partial charge is 0.459 e. The van der Waals surface area contributed by atoms with Crippen LogP contribution in [0.4, 0.5) is 5.00 Å². The summed E-state index contributed by atoms with van der Waals surface area (Å²) >= 11 is 1.24. The van der Waals surface area contributed by atoms with Crippen molar-refractivity contribution in [3.63, 3.8) is 0 Å². The summed E-state index contributed by atoms with van der Waals surface area (Å²) < 4.78 is 9.50. The van der Waals surface area contributed by atoms with Crippen LogP contribution in [0.1, 0.15) is 21.6 Å². The maximum absolute atomic E-state index is 12.2. The number of aryl methyl sites for hydroxylation is 1. The summed E-state index contributed by atoms with van der Waals surface area (Å²) in [6.07, 6.45) is -0.327. The molecule has 0 aliphatic carbocycles. The Hall–Kier alpha value is -2.45. The number of anilines is 1. The van der Waals surface area contributed by atoms with E-state index in [4.69, 9.17) is 9.57 Å². The summed E-state index contributed by atoms with van der Waals surface area (Å²) in [6, 6.07) is 9.70. The Morgan fingerprint density at radius 2 is 2.25 bits per heavy atom. The van der Waals surface area contributed by atoms with Gasteiger partial charge in [-0.1, -0.05) is 30.3 Å². The monoisotopic (exact) mass is 346 g/mol. The number of carbonyl (C=O) groups is 1. The van der Waals surface area contributed by atoms with Crippen molar-refractivity contribution in [1.82, 2.24) is 9.85 Å². The van der Waals surface area contributed by atoms with Gasteiger partial charge in [0.05, 0.1) is 12.2 Å². The lowest BCUT2D eigenvalue weighted by Crippen LogP contribution is -2.40. The molecule has 1 aliphatic heterocycles. The van der Waals surface area contributed by atoms with Gasteiger partial charge in [-0.15, -0.1) is 0 Å². The smallest absolute Gasteiger partial charge is 0.343 e. The molecule has 0 saturated carbocycles. The van der Waals surface area contributed by atoms with Crippen LogP contribution < -0.4 is 10.8 Å². The lowest BCUT2D eigenvalue weighted by atomic mass is 10.2. The highest BCUT2D eigenvalue weighted by atomic mass is 32.1. The van der Waals surface area contributed by atoms with E-state index >= 15 is 0 Å². The zero-order valence-corrected chi connectivity index (χ0v) is 14.2. The van der Waals surface area contributed by atoms with Crippen molar-refractivity contribution < 1.29 is 14.4 Å². The number of nitrogens with one attached hydrogen (secondary N) is 2. The molecule has 8 heteroatoms. The molecule has 2 heterocycles. The summed E-state index contributed by atoms with van der Waals surface area (Å²) in [5.74, 6) is 0.264. The lowest BCUT2D eigenvalue weighted by Gasteiger charge is -2.22. The van der Waals surface area contributed by atoms with Crippen LogP contribution in [0.15, 0.2) is 35.3 Å². The minimum absolute atomic E-state index is 0.121. The number of carbonyl (C=O) groups excluding carboxylic acids is 1. The number of aliphatic imine (C=N–C) groups is 1. The molecule has 126 valence electrons. The molecule has 0 amide bonds. The van der Waals surface area contributed by atoms with E-state index in [2.05, 4.69) is 20.2 Å². The van der Waals surface area contributed by atoms with Crippen LogP contribution in [0.3, 0.4) is 0 Å². The Bertz CT molecular complexity index is 745. The number of nitrogens with zero attached hydrogens (tertiary/aromatic N) is 2. The molecule has 0 spiro atoms. The van der Waals surface area contributed by atoms with Crippen molar-refractivity contribution in [1.29, 1.82) is 0 Å². The second-order valence-electron chi connectivity index (χ2n) is 5.22. The van der Waals surface area contributed by atoms with E-state index in [9.17, 15) is 4.79 Å². The van der Waals surface area contributed by atoms with Crippen molar-refractivity contribution in [2.45, 2.75) is 13.0 Å². The number of amidine groups is 1. The number of hydrogen-bond acceptors (Lipinski definition) is 8. The van der Waals surface area contributed by atoms with E-state index in [0.29, 0.717) is 28.6 Å². The molecule has 0 radical (unpaired) electrons. The van der Waals surface area contributed by atoms with Gasteiger partial charge in [0.15, 0.2) is 5.84 Å². The van der Waals surface area contributed by atoms with Crippen molar-refractivity contribution in [3.05, 3.63) is 47.2 Å². The second-order valence-corrected chi connectivity index (χ2v) is 5.99. The van der Waals surface area contributed by atoms with Crippen LogP contribution in [-0.4, -0.2) is 42.5 Å². The molecule has 2 aromatic rings. The minimum atomic E-state index is -0.410. The average Bonchev–Trinajstić information content (AvgIpc) is 3.01. The molecule has 1 atom stereocenters. The first kappa shape index (κ1) is 16.4. The standard InChI is InChI=1S/C16H18N4O3S/c1-10-13(15(17-2)24-20-10)16(21)22-9-12-8-18-14(19-23-12)11-6-4-3-5-7-11/h3-7,12,17H,8-9H2,1-2H3,(H,18,19)/t12-/m0/s1. The number of hydrogen-bond donors (Lipinski definition) is 2. The summed E-state index contributed by atoms with van der Waals surface area (Å²) in [7, 11) is 1.75. The highest BCUT2D eigenvalue weighted by Gasteiger charge is 2.23. The molecule has 2 N–H and O–H groups in total. The average molecular weight is 346 g/mol. The quantitative estimate of drug-likeness (QED) is 0.806. The van der Waals surface area contributed by atoms with Gasteiger partial charge in [-0.3, -0.25) is 9.83 Å². The number of aromatic nitrogens is 1. The SMILES string of the molecule is CNc1snc(C)c1C(=O)OC[C@@H]1CN=C(c2ccccc2)NO1. The van der Waals surface area contributed by atoms with E-state index in [1.807, 2.05) is 30.3 Å². The first-order valence-electron chi connectivity index (χ1n) is 7.51. The zero-order chi connectivity index (χ0) is 16.9. The van der Waals surface area contributed by atoms with E-state index in [1.165, 1.54) is 11.5 Å². The van der Waals surface area contributed by atoms with Crippen LogP contribution >= 0.6 is 11.5 Å². The molecule has 0 bridgehead atoms. The number of benzene rings is 1. The van der Waals surface area contributed by atoms with Gasteiger partial charge < -0.3 is 10.1 Å². The van der Waals surface area contributed by atoms with Gasteiger partial charge in [-0.05, 0) is 18.5 Å². The number of ether oxygens (including phenoxy) is 1. The molecule has 24 heavy (non-hydrogen) atoms. The predicted octanol–water partition coefficient (Wildman–Crippen LogP) is 2.00. The summed E-state index contributed by atoms with van der Waals surface area (Å²) in [5.41, 5.74) is 4.89. The fraction of sp³-hybridized carbons (Fsp3) is 0.312. The third-order valence-electron chi connectivity index (χ3n) is 3.52. The Balaban J connectivity index is 1.56. The van der Waals surface area contributed by atoms with Crippen LogP contribution in [0, 0.1) is 6.92 Å². The third kappa shape index (κ3) is 3.55. The first-order chi connectivity index (χ1) is 11.7. The molecule has 0 fully saturated rings. The number of rotatable bonds is 5.